The Morgan fingerprint density at radius 1 is 1.10 bits per heavy atom. The number of rotatable bonds is 7. The van der Waals surface area contributed by atoms with Gasteiger partial charge in [-0.05, 0) is 68.9 Å². The summed E-state index contributed by atoms with van der Waals surface area (Å²) >= 11 is 5.96. The molecule has 3 aromatic rings. The van der Waals surface area contributed by atoms with Crippen LogP contribution < -0.4 is 4.74 Å². The van der Waals surface area contributed by atoms with Gasteiger partial charge in [0, 0.05) is 42.8 Å². The Bertz CT molecular complexity index is 949. The monoisotopic (exact) mass is 425 g/mol. The molecule has 0 spiro atoms. The van der Waals surface area contributed by atoms with Gasteiger partial charge in [-0.2, -0.15) is 0 Å². The van der Waals surface area contributed by atoms with Crippen molar-refractivity contribution in [1.29, 1.82) is 0 Å². The molecule has 0 amide bonds. The molecule has 0 unspecified atom stereocenters. The highest BCUT2D eigenvalue weighted by Gasteiger charge is 2.18. The normalized spacial score (nSPS) is 15.6. The van der Waals surface area contributed by atoms with Gasteiger partial charge in [-0.1, -0.05) is 28.9 Å². The van der Waals surface area contributed by atoms with Crippen molar-refractivity contribution < 1.29 is 9.26 Å². The Morgan fingerprint density at radius 3 is 2.63 bits per heavy atom. The van der Waals surface area contributed by atoms with Gasteiger partial charge < -0.3 is 14.2 Å². The zero-order valence-corrected chi connectivity index (χ0v) is 18.3. The first-order valence-corrected chi connectivity index (χ1v) is 10.8. The maximum atomic E-state index is 6.22. The summed E-state index contributed by atoms with van der Waals surface area (Å²) in [6, 6.07) is 18.0. The standard InChI is InChI=1S/C24H28ClN3O2/c1-27-12-10-22(11-13-27)29-23-5-3-4-18(14-23)16-28(2)17-21-15-24(30-26-21)19-6-8-20(25)9-7-19/h3-9,14-15,22H,10-13,16-17H2,1-2H3. The molecular weight excluding hydrogens is 398 g/mol. The first-order chi connectivity index (χ1) is 14.5. The lowest BCUT2D eigenvalue weighted by Gasteiger charge is -2.29. The van der Waals surface area contributed by atoms with Crippen molar-refractivity contribution in [3.05, 3.63) is 70.9 Å². The second-order valence-electron chi connectivity index (χ2n) is 8.13. The molecule has 1 aromatic heterocycles. The molecule has 6 heteroatoms. The van der Waals surface area contributed by atoms with Gasteiger partial charge in [-0.15, -0.1) is 0 Å². The molecule has 1 fully saturated rings. The zero-order valence-electron chi connectivity index (χ0n) is 17.6. The van der Waals surface area contributed by atoms with E-state index >= 15 is 0 Å². The molecule has 0 radical (unpaired) electrons. The van der Waals surface area contributed by atoms with Crippen molar-refractivity contribution in [3.8, 4) is 17.1 Å². The molecular formula is C24H28ClN3O2. The summed E-state index contributed by atoms with van der Waals surface area (Å²) in [5.41, 5.74) is 3.10. The molecule has 1 aliphatic rings. The highest BCUT2D eigenvalue weighted by Crippen LogP contribution is 2.24. The van der Waals surface area contributed by atoms with E-state index in [0.717, 1.165) is 55.2 Å². The maximum absolute atomic E-state index is 6.22. The number of benzene rings is 2. The van der Waals surface area contributed by atoms with Gasteiger partial charge in [0.25, 0.3) is 0 Å². The van der Waals surface area contributed by atoms with Crippen LogP contribution in [0.5, 0.6) is 5.75 Å². The molecule has 1 aliphatic heterocycles. The highest BCUT2D eigenvalue weighted by molar-refractivity contribution is 6.30. The summed E-state index contributed by atoms with van der Waals surface area (Å²) in [7, 11) is 4.25. The first-order valence-electron chi connectivity index (χ1n) is 10.4. The van der Waals surface area contributed by atoms with Crippen LogP contribution in [0.4, 0.5) is 0 Å². The third kappa shape index (κ3) is 5.63. The molecule has 2 aromatic carbocycles. The molecule has 0 atom stereocenters. The Morgan fingerprint density at radius 2 is 1.87 bits per heavy atom. The van der Waals surface area contributed by atoms with Gasteiger partial charge in [0.15, 0.2) is 5.76 Å². The molecule has 158 valence electrons. The second kappa shape index (κ2) is 9.65. The first kappa shape index (κ1) is 20.9. The summed E-state index contributed by atoms with van der Waals surface area (Å²) < 4.78 is 11.7. The number of hydrogen-bond acceptors (Lipinski definition) is 5. The number of ether oxygens (including phenoxy) is 1. The number of aromatic nitrogens is 1. The SMILES string of the molecule is CN1CCC(Oc2cccc(CN(C)Cc3cc(-c4ccc(Cl)cc4)on3)c2)CC1. The smallest absolute Gasteiger partial charge is 0.167 e. The van der Waals surface area contributed by atoms with Crippen LogP contribution in [0.15, 0.2) is 59.1 Å². The van der Waals surface area contributed by atoms with Crippen molar-refractivity contribution in [2.45, 2.75) is 32.0 Å². The third-order valence-electron chi connectivity index (χ3n) is 5.44. The third-order valence-corrected chi connectivity index (χ3v) is 5.69. The fourth-order valence-corrected chi connectivity index (χ4v) is 3.92. The van der Waals surface area contributed by atoms with E-state index in [9.17, 15) is 0 Å². The molecule has 0 saturated carbocycles. The minimum absolute atomic E-state index is 0.315. The van der Waals surface area contributed by atoms with E-state index in [1.54, 1.807) is 0 Å². The van der Waals surface area contributed by atoms with Gasteiger partial charge in [-0.25, -0.2) is 0 Å². The summed E-state index contributed by atoms with van der Waals surface area (Å²) in [4.78, 5) is 4.58. The topological polar surface area (TPSA) is 41.7 Å². The van der Waals surface area contributed by atoms with Crippen molar-refractivity contribution in [2.24, 2.45) is 0 Å². The summed E-state index contributed by atoms with van der Waals surface area (Å²) in [6.07, 6.45) is 2.49. The lowest BCUT2D eigenvalue weighted by Crippen LogP contribution is -2.35. The van der Waals surface area contributed by atoms with Gasteiger partial charge in [0.1, 0.15) is 11.9 Å². The van der Waals surface area contributed by atoms with Crippen LogP contribution in [0.3, 0.4) is 0 Å². The van der Waals surface area contributed by atoms with Crippen LogP contribution in [0.1, 0.15) is 24.1 Å². The summed E-state index contributed by atoms with van der Waals surface area (Å²) in [5, 5.41) is 4.93. The lowest BCUT2D eigenvalue weighted by atomic mass is 10.1. The van der Waals surface area contributed by atoms with Crippen LogP contribution in [-0.4, -0.2) is 48.2 Å². The van der Waals surface area contributed by atoms with E-state index in [1.807, 2.05) is 30.3 Å². The zero-order chi connectivity index (χ0) is 20.9. The number of piperidine rings is 1. The Balaban J connectivity index is 1.33. The van der Waals surface area contributed by atoms with Crippen LogP contribution in [-0.2, 0) is 13.1 Å². The van der Waals surface area contributed by atoms with Gasteiger partial charge in [0.05, 0.1) is 5.69 Å². The molecule has 4 rings (SSSR count). The van der Waals surface area contributed by atoms with E-state index in [2.05, 4.69) is 53.3 Å². The molecule has 2 heterocycles. The van der Waals surface area contributed by atoms with E-state index < -0.39 is 0 Å². The van der Waals surface area contributed by atoms with Crippen molar-refractivity contribution in [3.63, 3.8) is 0 Å². The van der Waals surface area contributed by atoms with Crippen LogP contribution >= 0.6 is 11.6 Å². The fraction of sp³-hybridized carbons (Fsp3) is 0.375. The van der Waals surface area contributed by atoms with Crippen LogP contribution in [0.2, 0.25) is 5.02 Å². The highest BCUT2D eigenvalue weighted by atomic mass is 35.5. The number of halogens is 1. The average molecular weight is 426 g/mol. The second-order valence-corrected chi connectivity index (χ2v) is 8.57. The van der Waals surface area contributed by atoms with Gasteiger partial charge in [0.2, 0.25) is 0 Å². The van der Waals surface area contributed by atoms with E-state index in [-0.39, 0.29) is 0 Å². The van der Waals surface area contributed by atoms with Crippen LogP contribution in [0.25, 0.3) is 11.3 Å². The van der Waals surface area contributed by atoms with Crippen molar-refractivity contribution >= 4 is 11.6 Å². The lowest BCUT2D eigenvalue weighted by molar-refractivity contribution is 0.114. The van der Waals surface area contributed by atoms with Gasteiger partial charge >= 0.3 is 0 Å². The maximum Gasteiger partial charge on any atom is 0.167 e. The van der Waals surface area contributed by atoms with Crippen molar-refractivity contribution in [1.82, 2.24) is 15.0 Å². The Labute approximate surface area is 183 Å². The number of likely N-dealkylation sites (tertiary alicyclic amines) is 1. The number of hydrogen-bond donors (Lipinski definition) is 0. The minimum atomic E-state index is 0.315. The summed E-state index contributed by atoms with van der Waals surface area (Å²) in [5.74, 6) is 1.71. The number of nitrogens with zero attached hydrogens (tertiary/aromatic N) is 3. The molecule has 30 heavy (non-hydrogen) atoms. The fourth-order valence-electron chi connectivity index (χ4n) is 3.79. The van der Waals surface area contributed by atoms with E-state index in [1.165, 1.54) is 5.56 Å². The Kier molecular flexibility index (Phi) is 6.72. The Hall–Kier alpha value is -2.34. The average Bonchev–Trinajstić information content (AvgIpc) is 3.19. The van der Waals surface area contributed by atoms with E-state index in [0.29, 0.717) is 17.7 Å². The van der Waals surface area contributed by atoms with Crippen molar-refractivity contribution in [2.75, 3.05) is 27.2 Å². The van der Waals surface area contributed by atoms with Crippen LogP contribution in [0, 0.1) is 0 Å². The molecule has 0 bridgehead atoms. The predicted molar refractivity (Wildman–Crippen MR) is 120 cm³/mol. The molecule has 1 saturated heterocycles. The molecule has 5 nitrogen and oxygen atoms in total. The molecule has 0 aliphatic carbocycles. The predicted octanol–water partition coefficient (Wildman–Crippen LogP) is 5.10. The van der Waals surface area contributed by atoms with E-state index in [4.69, 9.17) is 20.9 Å². The minimum Gasteiger partial charge on any atom is -0.490 e. The molecule has 0 N–H and O–H groups in total. The van der Waals surface area contributed by atoms with Gasteiger partial charge in [-0.3, -0.25) is 4.90 Å². The summed E-state index contributed by atoms with van der Waals surface area (Å²) in [6.45, 7) is 3.72. The largest absolute Gasteiger partial charge is 0.490 e. The quantitative estimate of drug-likeness (QED) is 0.526.